The van der Waals surface area contributed by atoms with Crippen molar-refractivity contribution in [2.24, 2.45) is 11.7 Å². The van der Waals surface area contributed by atoms with Crippen molar-refractivity contribution in [2.75, 3.05) is 26.4 Å². The van der Waals surface area contributed by atoms with Crippen LogP contribution < -0.4 is 5.73 Å². The van der Waals surface area contributed by atoms with Crippen molar-refractivity contribution in [1.82, 2.24) is 0 Å². The van der Waals surface area contributed by atoms with Gasteiger partial charge < -0.3 is 25.1 Å². The molecule has 144 valence electrons. The van der Waals surface area contributed by atoms with Gasteiger partial charge in [0.05, 0.1) is 24.9 Å². The van der Waals surface area contributed by atoms with Crippen LogP contribution in [0.15, 0.2) is 0 Å². The summed E-state index contributed by atoms with van der Waals surface area (Å²) in [5.74, 6) is 0.139. The first-order chi connectivity index (χ1) is 11.7. The number of unbranched alkanes of at least 4 members (excludes halogenated alkanes) is 3. The molecule has 3 N–H and O–H groups in total. The molecule has 0 unspecified atom stereocenters. The fourth-order valence-corrected chi connectivity index (χ4v) is 3.12. The molecule has 0 heterocycles. The Balaban J connectivity index is 2.68. The van der Waals surface area contributed by atoms with Crippen LogP contribution >= 0.6 is 0 Å². The normalized spacial score (nSPS) is 30.6. The molecular formula is C19H39NO4. The average Bonchev–Trinajstić information content (AvgIpc) is 2.58. The molecule has 5 heteroatoms. The van der Waals surface area contributed by atoms with Crippen LogP contribution in [0.3, 0.4) is 0 Å². The highest BCUT2D eigenvalue weighted by atomic mass is 16.5. The Morgan fingerprint density at radius 2 is 1.42 bits per heavy atom. The summed E-state index contributed by atoms with van der Waals surface area (Å²) >= 11 is 0. The van der Waals surface area contributed by atoms with Gasteiger partial charge in [-0.2, -0.15) is 0 Å². The molecule has 0 aromatic rings. The van der Waals surface area contributed by atoms with E-state index < -0.39 is 6.10 Å². The van der Waals surface area contributed by atoms with E-state index in [2.05, 4.69) is 20.8 Å². The molecule has 1 aliphatic rings. The van der Waals surface area contributed by atoms with Crippen molar-refractivity contribution in [3.05, 3.63) is 0 Å². The third-order valence-electron chi connectivity index (χ3n) is 4.75. The Hall–Kier alpha value is -0.200. The Morgan fingerprint density at radius 3 is 2.00 bits per heavy atom. The molecule has 0 spiro atoms. The minimum Gasteiger partial charge on any atom is -0.391 e. The predicted molar refractivity (Wildman–Crippen MR) is 97.1 cm³/mol. The van der Waals surface area contributed by atoms with Crippen LogP contribution in [0.25, 0.3) is 0 Å². The third-order valence-corrected chi connectivity index (χ3v) is 4.75. The van der Waals surface area contributed by atoms with Crippen molar-refractivity contribution in [1.29, 1.82) is 0 Å². The highest BCUT2D eigenvalue weighted by Crippen LogP contribution is 2.30. The molecule has 0 radical (unpaired) electrons. The Kier molecular flexibility index (Phi) is 11.9. The van der Waals surface area contributed by atoms with Crippen LogP contribution in [-0.4, -0.2) is 55.9 Å². The first-order valence-electron chi connectivity index (χ1n) is 9.90. The maximum absolute atomic E-state index is 10.4. The zero-order valence-corrected chi connectivity index (χ0v) is 15.9. The minimum absolute atomic E-state index is 0.0894. The lowest BCUT2D eigenvalue weighted by atomic mass is 9.79. The van der Waals surface area contributed by atoms with Crippen LogP contribution in [0, 0.1) is 5.92 Å². The molecular weight excluding hydrogens is 306 g/mol. The molecule has 0 saturated heterocycles. The zero-order valence-electron chi connectivity index (χ0n) is 15.9. The van der Waals surface area contributed by atoms with Crippen LogP contribution in [0.5, 0.6) is 0 Å². The van der Waals surface area contributed by atoms with E-state index in [-0.39, 0.29) is 24.2 Å². The predicted octanol–water partition coefficient (Wildman–Crippen LogP) is 2.88. The van der Waals surface area contributed by atoms with Crippen LogP contribution in [0.1, 0.15) is 65.7 Å². The highest BCUT2D eigenvalue weighted by Gasteiger charge is 2.44. The summed E-state index contributed by atoms with van der Waals surface area (Å²) < 4.78 is 18.0. The second-order valence-electron chi connectivity index (χ2n) is 6.95. The topological polar surface area (TPSA) is 73.9 Å². The van der Waals surface area contributed by atoms with Gasteiger partial charge in [0.25, 0.3) is 0 Å². The molecule has 1 fully saturated rings. The molecule has 0 bridgehead atoms. The van der Waals surface area contributed by atoms with Crippen LogP contribution in [0.4, 0.5) is 0 Å². The lowest BCUT2D eigenvalue weighted by molar-refractivity contribution is -0.161. The van der Waals surface area contributed by atoms with Gasteiger partial charge in [0.2, 0.25) is 0 Å². The number of nitrogens with two attached hydrogens (primary N) is 1. The lowest BCUT2D eigenvalue weighted by Gasteiger charge is -2.43. The maximum atomic E-state index is 10.4. The summed E-state index contributed by atoms with van der Waals surface area (Å²) in [4.78, 5) is 0. The molecule has 1 rings (SSSR count). The fourth-order valence-electron chi connectivity index (χ4n) is 3.12. The Labute approximate surface area is 148 Å². The van der Waals surface area contributed by atoms with Crippen molar-refractivity contribution < 1.29 is 19.3 Å². The Bertz CT molecular complexity index is 303. The van der Waals surface area contributed by atoms with Gasteiger partial charge in [0.15, 0.2) is 0 Å². The number of aliphatic hydroxyl groups excluding tert-OH is 1. The highest BCUT2D eigenvalue weighted by molar-refractivity contribution is 4.97. The van der Waals surface area contributed by atoms with E-state index in [1.54, 1.807) is 0 Å². The first kappa shape index (κ1) is 21.8. The number of aliphatic hydroxyl groups is 1. The fraction of sp³-hybridized carbons (Fsp3) is 1.00. The van der Waals surface area contributed by atoms with E-state index in [0.29, 0.717) is 26.2 Å². The summed E-state index contributed by atoms with van der Waals surface area (Å²) in [6.45, 7) is 9.19. The van der Waals surface area contributed by atoms with Crippen molar-refractivity contribution in [3.8, 4) is 0 Å². The summed E-state index contributed by atoms with van der Waals surface area (Å²) in [7, 11) is 0. The molecule has 5 nitrogen and oxygen atoms in total. The SMILES string of the molecule is CCCCOC[C@@H]1C[C@H](O)[C@@H](N)[C@H](OCCCC)[C@H]1OCCCC. The van der Waals surface area contributed by atoms with Gasteiger partial charge in [-0.3, -0.25) is 0 Å². The molecule has 24 heavy (non-hydrogen) atoms. The van der Waals surface area contributed by atoms with Crippen LogP contribution in [0.2, 0.25) is 0 Å². The molecule has 0 aromatic heterocycles. The molecule has 5 atom stereocenters. The Morgan fingerprint density at radius 1 is 0.875 bits per heavy atom. The van der Waals surface area contributed by atoms with Crippen LogP contribution in [-0.2, 0) is 14.2 Å². The second kappa shape index (κ2) is 13.1. The third kappa shape index (κ3) is 7.36. The smallest absolute Gasteiger partial charge is 0.102 e. The van der Waals surface area contributed by atoms with Crippen molar-refractivity contribution >= 4 is 0 Å². The largest absolute Gasteiger partial charge is 0.391 e. The molecule has 1 aliphatic carbocycles. The first-order valence-corrected chi connectivity index (χ1v) is 9.90. The standard InChI is InChI=1S/C19H39NO4/c1-4-7-10-22-14-15-13-16(21)17(20)19(24-12-9-6-3)18(15)23-11-8-5-2/h15-19,21H,4-14,20H2,1-3H3/t15-,16-,17+,18-,19-/m0/s1. The van der Waals surface area contributed by atoms with Gasteiger partial charge in [0.1, 0.15) is 6.10 Å². The van der Waals surface area contributed by atoms with Gasteiger partial charge in [-0.25, -0.2) is 0 Å². The van der Waals surface area contributed by atoms with Crippen molar-refractivity contribution in [2.45, 2.75) is 90.1 Å². The second-order valence-corrected chi connectivity index (χ2v) is 6.95. The number of hydrogen-bond acceptors (Lipinski definition) is 5. The van der Waals surface area contributed by atoms with Crippen molar-refractivity contribution in [3.63, 3.8) is 0 Å². The van der Waals surface area contributed by atoms with Gasteiger partial charge in [-0.15, -0.1) is 0 Å². The maximum Gasteiger partial charge on any atom is 0.102 e. The monoisotopic (exact) mass is 345 g/mol. The van der Waals surface area contributed by atoms with E-state index in [9.17, 15) is 5.11 Å². The number of ether oxygens (including phenoxy) is 3. The summed E-state index contributed by atoms with van der Waals surface area (Å²) in [6, 6.07) is -0.389. The van der Waals surface area contributed by atoms with E-state index in [1.165, 1.54) is 0 Å². The summed E-state index contributed by atoms with van der Waals surface area (Å²) in [5, 5.41) is 10.4. The van der Waals surface area contributed by atoms with E-state index in [0.717, 1.165) is 45.1 Å². The number of rotatable bonds is 13. The molecule has 0 amide bonds. The van der Waals surface area contributed by atoms with E-state index in [4.69, 9.17) is 19.9 Å². The average molecular weight is 346 g/mol. The van der Waals surface area contributed by atoms with E-state index in [1.807, 2.05) is 0 Å². The van der Waals surface area contributed by atoms with Gasteiger partial charge >= 0.3 is 0 Å². The lowest BCUT2D eigenvalue weighted by Crippen LogP contribution is -2.60. The quantitative estimate of drug-likeness (QED) is 0.502. The number of hydrogen-bond donors (Lipinski definition) is 2. The molecule has 1 saturated carbocycles. The molecule has 0 aromatic carbocycles. The minimum atomic E-state index is -0.553. The summed E-state index contributed by atoms with van der Waals surface area (Å²) in [5.41, 5.74) is 6.24. The summed E-state index contributed by atoms with van der Waals surface area (Å²) in [6.07, 6.45) is 6.11. The van der Waals surface area contributed by atoms with E-state index >= 15 is 0 Å². The van der Waals surface area contributed by atoms with Gasteiger partial charge in [0, 0.05) is 25.7 Å². The van der Waals surface area contributed by atoms with Gasteiger partial charge in [-0.05, 0) is 25.7 Å². The zero-order chi connectivity index (χ0) is 17.8. The van der Waals surface area contributed by atoms with Gasteiger partial charge in [-0.1, -0.05) is 40.0 Å². The molecule has 0 aliphatic heterocycles.